The van der Waals surface area contributed by atoms with E-state index in [0.717, 1.165) is 25.9 Å². The minimum atomic E-state index is -1.50. The molecule has 0 saturated heterocycles. The molecule has 0 bridgehead atoms. The Balaban J connectivity index is 1.87. The Kier molecular flexibility index (Phi) is 6.44. The molecule has 124 valence electrons. The van der Waals surface area contributed by atoms with Crippen LogP contribution in [0.5, 0.6) is 0 Å². The molecule has 0 aliphatic heterocycles. The first-order valence-electron chi connectivity index (χ1n) is 8.37. The van der Waals surface area contributed by atoms with Crippen molar-refractivity contribution in [1.29, 1.82) is 0 Å². The van der Waals surface area contributed by atoms with Crippen molar-refractivity contribution in [3.05, 3.63) is 0 Å². The molecule has 2 fully saturated rings. The number of aliphatic hydroxyl groups is 2. The highest BCUT2D eigenvalue weighted by molar-refractivity contribution is 4.85. The normalized spacial score (nSPS) is 34.0. The lowest BCUT2D eigenvalue weighted by Crippen LogP contribution is -2.44. The van der Waals surface area contributed by atoms with Gasteiger partial charge in [0.2, 0.25) is 0 Å². The van der Waals surface area contributed by atoms with Crippen LogP contribution in [0.3, 0.4) is 0 Å². The van der Waals surface area contributed by atoms with E-state index in [2.05, 4.69) is 0 Å². The van der Waals surface area contributed by atoms with E-state index in [1.807, 2.05) is 13.8 Å². The second-order valence-corrected chi connectivity index (χ2v) is 6.24. The fourth-order valence-corrected chi connectivity index (χ4v) is 3.44. The molecule has 2 aliphatic carbocycles. The van der Waals surface area contributed by atoms with Gasteiger partial charge in [0.15, 0.2) is 5.79 Å². The van der Waals surface area contributed by atoms with Crippen LogP contribution in [-0.4, -0.2) is 53.6 Å². The molecule has 0 heterocycles. The number of hydrogen-bond acceptors (Lipinski definition) is 5. The molecule has 5 heteroatoms. The average molecular weight is 302 g/mol. The van der Waals surface area contributed by atoms with Gasteiger partial charge in [-0.05, 0) is 39.5 Å². The summed E-state index contributed by atoms with van der Waals surface area (Å²) in [6, 6.07) is 0. The third-order valence-electron chi connectivity index (χ3n) is 4.57. The van der Waals surface area contributed by atoms with Crippen LogP contribution in [0.25, 0.3) is 0 Å². The second-order valence-electron chi connectivity index (χ2n) is 6.24. The van der Waals surface area contributed by atoms with Crippen LogP contribution in [-0.2, 0) is 14.2 Å². The Morgan fingerprint density at radius 1 is 0.857 bits per heavy atom. The van der Waals surface area contributed by atoms with Crippen molar-refractivity contribution in [2.45, 2.75) is 89.0 Å². The summed E-state index contributed by atoms with van der Waals surface area (Å²) in [5.41, 5.74) is 0. The van der Waals surface area contributed by atoms with Gasteiger partial charge in [-0.3, -0.25) is 0 Å². The molecule has 21 heavy (non-hydrogen) atoms. The molecule has 3 unspecified atom stereocenters. The summed E-state index contributed by atoms with van der Waals surface area (Å²) in [7, 11) is 0. The molecule has 2 rings (SSSR count). The third-order valence-corrected chi connectivity index (χ3v) is 4.57. The molecule has 2 N–H and O–H groups in total. The summed E-state index contributed by atoms with van der Waals surface area (Å²) >= 11 is 0. The smallest absolute Gasteiger partial charge is 0.162 e. The van der Waals surface area contributed by atoms with Crippen molar-refractivity contribution in [2.24, 2.45) is 0 Å². The second kappa shape index (κ2) is 7.88. The van der Waals surface area contributed by atoms with Crippen LogP contribution in [0.15, 0.2) is 0 Å². The fraction of sp³-hybridized carbons (Fsp3) is 1.00. The maximum atomic E-state index is 9.60. The summed E-state index contributed by atoms with van der Waals surface area (Å²) < 4.78 is 17.8. The Morgan fingerprint density at radius 2 is 1.52 bits per heavy atom. The molecule has 0 amide bonds. The van der Waals surface area contributed by atoms with Crippen molar-refractivity contribution in [3.8, 4) is 0 Å². The Labute approximate surface area is 127 Å². The highest BCUT2D eigenvalue weighted by atomic mass is 16.6. The van der Waals surface area contributed by atoms with Crippen LogP contribution in [0.1, 0.15) is 58.8 Å². The van der Waals surface area contributed by atoms with Crippen molar-refractivity contribution >= 4 is 0 Å². The maximum absolute atomic E-state index is 9.60. The van der Waals surface area contributed by atoms with Gasteiger partial charge in [-0.15, -0.1) is 0 Å². The van der Waals surface area contributed by atoms with E-state index in [-0.39, 0.29) is 24.4 Å². The molecule has 0 aromatic heterocycles. The van der Waals surface area contributed by atoms with Gasteiger partial charge in [-0.1, -0.05) is 0 Å². The topological polar surface area (TPSA) is 68.2 Å². The van der Waals surface area contributed by atoms with Crippen LogP contribution in [0.4, 0.5) is 0 Å². The Morgan fingerprint density at radius 3 is 2.14 bits per heavy atom. The van der Waals surface area contributed by atoms with Gasteiger partial charge < -0.3 is 24.4 Å². The predicted octanol–water partition coefficient (Wildman–Crippen LogP) is 1.99. The molecule has 0 aromatic carbocycles. The van der Waals surface area contributed by atoms with Gasteiger partial charge in [0.05, 0.1) is 24.4 Å². The van der Waals surface area contributed by atoms with Gasteiger partial charge in [-0.2, -0.15) is 0 Å². The molecule has 0 radical (unpaired) electrons. The lowest BCUT2D eigenvalue weighted by molar-refractivity contribution is -0.209. The standard InChI is InChI=1S/C16H30O5/c1-3-19-13-5-6-14(20-4-2)15(11-13)21-12-7-9-16(17,18)10-8-12/h12-15,17-18H,3-11H2,1-2H3. The molecular weight excluding hydrogens is 272 g/mol. The number of ether oxygens (including phenoxy) is 3. The van der Waals surface area contributed by atoms with Gasteiger partial charge in [0.25, 0.3) is 0 Å². The zero-order chi connectivity index (χ0) is 15.3. The minimum Gasteiger partial charge on any atom is -0.378 e. The summed E-state index contributed by atoms with van der Waals surface area (Å²) in [4.78, 5) is 0. The summed E-state index contributed by atoms with van der Waals surface area (Å²) in [6.07, 6.45) is 5.60. The Hall–Kier alpha value is -0.200. The van der Waals surface area contributed by atoms with Crippen LogP contribution >= 0.6 is 0 Å². The van der Waals surface area contributed by atoms with E-state index in [1.165, 1.54) is 0 Å². The number of hydrogen-bond donors (Lipinski definition) is 2. The van der Waals surface area contributed by atoms with E-state index in [1.54, 1.807) is 0 Å². The first-order chi connectivity index (χ1) is 10.0. The quantitative estimate of drug-likeness (QED) is 0.734. The third kappa shape index (κ3) is 5.18. The average Bonchev–Trinajstić information content (AvgIpc) is 2.44. The van der Waals surface area contributed by atoms with Gasteiger partial charge in [0, 0.05) is 32.5 Å². The van der Waals surface area contributed by atoms with Crippen LogP contribution in [0.2, 0.25) is 0 Å². The van der Waals surface area contributed by atoms with E-state index in [0.29, 0.717) is 32.3 Å². The van der Waals surface area contributed by atoms with Gasteiger partial charge in [-0.25, -0.2) is 0 Å². The van der Waals surface area contributed by atoms with Crippen LogP contribution in [0, 0.1) is 0 Å². The largest absolute Gasteiger partial charge is 0.378 e. The van der Waals surface area contributed by atoms with Crippen molar-refractivity contribution in [2.75, 3.05) is 13.2 Å². The summed E-state index contributed by atoms with van der Waals surface area (Å²) in [6.45, 7) is 5.47. The lowest BCUT2D eigenvalue weighted by atomic mass is 9.89. The molecule has 3 atom stereocenters. The van der Waals surface area contributed by atoms with E-state index < -0.39 is 5.79 Å². The zero-order valence-corrected chi connectivity index (χ0v) is 13.3. The highest BCUT2D eigenvalue weighted by Gasteiger charge is 2.37. The van der Waals surface area contributed by atoms with Gasteiger partial charge >= 0.3 is 0 Å². The molecule has 2 aliphatic rings. The van der Waals surface area contributed by atoms with Crippen LogP contribution < -0.4 is 0 Å². The van der Waals surface area contributed by atoms with Gasteiger partial charge in [0.1, 0.15) is 0 Å². The highest BCUT2D eigenvalue weighted by Crippen LogP contribution is 2.32. The lowest BCUT2D eigenvalue weighted by Gasteiger charge is -2.39. The molecule has 5 nitrogen and oxygen atoms in total. The van der Waals surface area contributed by atoms with Crippen molar-refractivity contribution < 1.29 is 24.4 Å². The van der Waals surface area contributed by atoms with Crippen molar-refractivity contribution in [3.63, 3.8) is 0 Å². The first-order valence-corrected chi connectivity index (χ1v) is 8.37. The SMILES string of the molecule is CCOC1CCC(OCC)C(OC2CCC(O)(O)CC2)C1. The predicted molar refractivity (Wildman–Crippen MR) is 79.0 cm³/mol. The monoisotopic (exact) mass is 302 g/mol. The molecule has 2 saturated carbocycles. The van der Waals surface area contributed by atoms with E-state index >= 15 is 0 Å². The number of rotatable bonds is 6. The van der Waals surface area contributed by atoms with E-state index in [4.69, 9.17) is 14.2 Å². The van der Waals surface area contributed by atoms with E-state index in [9.17, 15) is 10.2 Å². The first kappa shape index (κ1) is 17.2. The minimum absolute atomic E-state index is 0.0603. The molecular formula is C16H30O5. The maximum Gasteiger partial charge on any atom is 0.162 e. The summed E-state index contributed by atoms with van der Waals surface area (Å²) in [5.74, 6) is -1.50. The fourth-order valence-electron chi connectivity index (χ4n) is 3.44. The zero-order valence-electron chi connectivity index (χ0n) is 13.3. The molecule has 0 spiro atoms. The summed E-state index contributed by atoms with van der Waals surface area (Å²) in [5, 5.41) is 19.2. The van der Waals surface area contributed by atoms with Crippen molar-refractivity contribution in [1.82, 2.24) is 0 Å². The Bertz CT molecular complexity index is 297. The molecule has 0 aromatic rings.